The largest absolute Gasteiger partial charge is 0.348 e. The fourth-order valence-electron chi connectivity index (χ4n) is 4.94. The van der Waals surface area contributed by atoms with Gasteiger partial charge in [0, 0.05) is 38.4 Å². The van der Waals surface area contributed by atoms with Gasteiger partial charge >= 0.3 is 0 Å². The Labute approximate surface area is 160 Å². The van der Waals surface area contributed by atoms with Crippen molar-refractivity contribution in [3.8, 4) is 0 Å². The molecule has 0 aliphatic carbocycles. The van der Waals surface area contributed by atoms with Gasteiger partial charge in [-0.25, -0.2) is 0 Å². The molecule has 27 heavy (non-hydrogen) atoms. The minimum absolute atomic E-state index is 0.00380. The minimum atomic E-state index is -0.435. The van der Waals surface area contributed by atoms with Crippen molar-refractivity contribution in [3.05, 3.63) is 18.0 Å². The summed E-state index contributed by atoms with van der Waals surface area (Å²) in [4.78, 5) is 32.8. The zero-order chi connectivity index (χ0) is 18.9. The number of carbonyl (C=O) groups is 2. The lowest BCUT2D eigenvalue weighted by atomic mass is 9.84. The van der Waals surface area contributed by atoms with E-state index in [0.29, 0.717) is 12.0 Å². The monoisotopic (exact) mass is 374 g/mol. The molecule has 0 saturated carbocycles. The second-order valence-corrected chi connectivity index (χ2v) is 8.25. The van der Waals surface area contributed by atoms with E-state index in [-0.39, 0.29) is 17.9 Å². The van der Waals surface area contributed by atoms with Crippen LogP contribution in [0.2, 0.25) is 0 Å². The van der Waals surface area contributed by atoms with Crippen LogP contribution in [0.4, 0.5) is 0 Å². The number of rotatable bonds is 3. The Morgan fingerprint density at radius 1 is 1.19 bits per heavy atom. The Bertz CT molecular complexity index is 678. The van der Waals surface area contributed by atoms with E-state index >= 15 is 0 Å². The molecule has 2 amide bonds. The number of likely N-dealkylation sites (N-methyl/N-ethyl adjacent to an activating group) is 1. The number of H-pyrrole nitrogens is 1. The molecule has 3 saturated heterocycles. The number of fused-ring (bicyclic) bond motifs is 1. The average molecular weight is 374 g/mol. The first-order chi connectivity index (χ1) is 13.1. The van der Waals surface area contributed by atoms with Crippen molar-refractivity contribution in [3.63, 3.8) is 0 Å². The SMILES string of the molecule is CN1CCCN(C(=O)[C@@]23CCCCN2C[C@@H](NC(=O)c2cn[nH]c2)C3)CC1. The van der Waals surface area contributed by atoms with Gasteiger partial charge in [0.1, 0.15) is 5.54 Å². The van der Waals surface area contributed by atoms with Crippen LogP contribution in [-0.2, 0) is 4.79 Å². The number of carbonyl (C=O) groups excluding carboxylic acids is 2. The van der Waals surface area contributed by atoms with Crippen LogP contribution in [0.1, 0.15) is 42.5 Å². The van der Waals surface area contributed by atoms with Gasteiger partial charge in [0.15, 0.2) is 0 Å². The van der Waals surface area contributed by atoms with Gasteiger partial charge in [-0.1, -0.05) is 0 Å². The van der Waals surface area contributed by atoms with E-state index < -0.39 is 5.54 Å². The molecular formula is C19H30N6O2. The summed E-state index contributed by atoms with van der Waals surface area (Å²) in [6.07, 6.45) is 7.98. The van der Waals surface area contributed by atoms with Crippen molar-refractivity contribution in [1.29, 1.82) is 0 Å². The lowest BCUT2D eigenvalue weighted by Gasteiger charge is -2.43. The summed E-state index contributed by atoms with van der Waals surface area (Å²) in [5.74, 6) is 0.158. The van der Waals surface area contributed by atoms with Gasteiger partial charge in [0.2, 0.25) is 5.91 Å². The Kier molecular flexibility index (Phi) is 5.19. The molecule has 3 fully saturated rings. The van der Waals surface area contributed by atoms with Gasteiger partial charge in [-0.15, -0.1) is 0 Å². The Hall–Kier alpha value is -1.93. The summed E-state index contributed by atoms with van der Waals surface area (Å²) in [7, 11) is 2.12. The van der Waals surface area contributed by atoms with Crippen LogP contribution in [0.3, 0.4) is 0 Å². The van der Waals surface area contributed by atoms with Crippen molar-refractivity contribution in [2.45, 2.75) is 43.7 Å². The van der Waals surface area contributed by atoms with Crippen molar-refractivity contribution in [1.82, 2.24) is 30.2 Å². The fraction of sp³-hybridized carbons (Fsp3) is 0.737. The Morgan fingerprint density at radius 2 is 2.07 bits per heavy atom. The van der Waals surface area contributed by atoms with Crippen LogP contribution in [0, 0.1) is 0 Å². The number of piperidine rings is 1. The third kappa shape index (κ3) is 3.60. The molecule has 0 bridgehead atoms. The molecule has 4 rings (SSSR count). The molecule has 0 radical (unpaired) electrons. The number of hydrogen-bond donors (Lipinski definition) is 2. The number of nitrogens with zero attached hydrogens (tertiary/aromatic N) is 4. The average Bonchev–Trinajstić information content (AvgIpc) is 3.26. The molecule has 8 heteroatoms. The highest BCUT2D eigenvalue weighted by atomic mass is 16.2. The second kappa shape index (κ2) is 7.59. The lowest BCUT2D eigenvalue weighted by Crippen LogP contribution is -2.59. The molecule has 1 aromatic rings. The van der Waals surface area contributed by atoms with Gasteiger partial charge in [-0.2, -0.15) is 5.10 Å². The predicted octanol–water partition coefficient (Wildman–Crippen LogP) is 0.301. The van der Waals surface area contributed by atoms with Gasteiger partial charge in [-0.05, 0) is 52.2 Å². The number of hydrogen-bond acceptors (Lipinski definition) is 5. The van der Waals surface area contributed by atoms with Gasteiger partial charge in [-0.3, -0.25) is 19.6 Å². The zero-order valence-corrected chi connectivity index (χ0v) is 16.1. The van der Waals surface area contributed by atoms with Crippen molar-refractivity contribution >= 4 is 11.8 Å². The molecule has 8 nitrogen and oxygen atoms in total. The van der Waals surface area contributed by atoms with E-state index in [1.807, 2.05) is 0 Å². The van der Waals surface area contributed by atoms with E-state index in [9.17, 15) is 9.59 Å². The Morgan fingerprint density at radius 3 is 2.89 bits per heavy atom. The summed E-state index contributed by atoms with van der Waals surface area (Å²) < 4.78 is 0. The summed E-state index contributed by atoms with van der Waals surface area (Å²) in [6, 6.07) is 0.00380. The summed E-state index contributed by atoms with van der Waals surface area (Å²) >= 11 is 0. The maximum absolute atomic E-state index is 13.6. The van der Waals surface area contributed by atoms with Crippen LogP contribution in [0.15, 0.2) is 12.4 Å². The highest BCUT2D eigenvalue weighted by molar-refractivity contribution is 5.94. The van der Waals surface area contributed by atoms with Crippen LogP contribution in [0.5, 0.6) is 0 Å². The summed E-state index contributed by atoms with van der Waals surface area (Å²) in [5.41, 5.74) is 0.103. The molecule has 3 aliphatic heterocycles. The van der Waals surface area contributed by atoms with Gasteiger partial charge in [0.05, 0.1) is 11.8 Å². The maximum Gasteiger partial charge on any atom is 0.254 e. The molecule has 1 aromatic heterocycles. The minimum Gasteiger partial charge on any atom is -0.348 e. The molecule has 0 unspecified atom stereocenters. The quantitative estimate of drug-likeness (QED) is 0.795. The zero-order valence-electron chi connectivity index (χ0n) is 16.1. The molecule has 2 atom stereocenters. The first kappa shape index (κ1) is 18.4. The third-order valence-corrected chi connectivity index (χ3v) is 6.40. The van der Waals surface area contributed by atoms with E-state index in [0.717, 1.165) is 65.0 Å². The van der Waals surface area contributed by atoms with Crippen molar-refractivity contribution in [2.75, 3.05) is 46.3 Å². The first-order valence-corrected chi connectivity index (χ1v) is 10.1. The Balaban J connectivity index is 1.48. The van der Waals surface area contributed by atoms with E-state index in [4.69, 9.17) is 0 Å². The highest BCUT2D eigenvalue weighted by Gasteiger charge is 2.53. The van der Waals surface area contributed by atoms with Gasteiger partial charge in [0.25, 0.3) is 5.91 Å². The van der Waals surface area contributed by atoms with Crippen molar-refractivity contribution < 1.29 is 9.59 Å². The smallest absolute Gasteiger partial charge is 0.254 e. The number of amides is 2. The molecule has 0 aromatic carbocycles. The molecular weight excluding hydrogens is 344 g/mol. The van der Waals surface area contributed by atoms with E-state index in [1.54, 1.807) is 6.20 Å². The second-order valence-electron chi connectivity index (χ2n) is 8.25. The number of aromatic amines is 1. The first-order valence-electron chi connectivity index (χ1n) is 10.1. The van der Waals surface area contributed by atoms with Crippen LogP contribution in [0.25, 0.3) is 0 Å². The van der Waals surface area contributed by atoms with Gasteiger partial charge < -0.3 is 15.1 Å². The molecule has 2 N–H and O–H groups in total. The van der Waals surface area contributed by atoms with Crippen LogP contribution in [-0.4, -0.2) is 94.6 Å². The maximum atomic E-state index is 13.6. The molecule has 0 spiro atoms. The van der Waals surface area contributed by atoms with E-state index in [2.05, 4.69) is 37.3 Å². The van der Waals surface area contributed by atoms with Crippen LogP contribution < -0.4 is 5.32 Å². The van der Waals surface area contributed by atoms with Crippen LogP contribution >= 0.6 is 0 Å². The topological polar surface area (TPSA) is 84.6 Å². The number of nitrogens with one attached hydrogen (secondary N) is 2. The standard InChI is InChI=1S/C19H30N6O2/c1-23-6-4-7-24(10-9-23)18(27)19-5-2-3-8-25(19)14-16(11-19)22-17(26)15-12-20-21-13-15/h12-13,16H,2-11,14H2,1H3,(H,20,21)(H,22,26)/t16-,19-/m0/s1. The predicted molar refractivity (Wildman–Crippen MR) is 101 cm³/mol. The number of aromatic nitrogens is 2. The summed E-state index contributed by atoms with van der Waals surface area (Å²) in [5, 5.41) is 9.64. The molecule has 3 aliphatic rings. The van der Waals surface area contributed by atoms with E-state index in [1.165, 1.54) is 6.20 Å². The molecule has 4 heterocycles. The fourth-order valence-corrected chi connectivity index (χ4v) is 4.94. The molecule has 148 valence electrons. The summed E-state index contributed by atoms with van der Waals surface area (Å²) in [6.45, 7) is 5.31. The lowest BCUT2D eigenvalue weighted by molar-refractivity contribution is -0.145. The highest BCUT2D eigenvalue weighted by Crippen LogP contribution is 2.39. The third-order valence-electron chi connectivity index (χ3n) is 6.40. The normalized spacial score (nSPS) is 30.0. The van der Waals surface area contributed by atoms with Crippen molar-refractivity contribution in [2.24, 2.45) is 0 Å².